The van der Waals surface area contributed by atoms with Crippen molar-refractivity contribution in [2.24, 2.45) is 0 Å². The van der Waals surface area contributed by atoms with E-state index in [9.17, 15) is 4.79 Å². The molecular formula is C18H19N5O. The summed E-state index contributed by atoms with van der Waals surface area (Å²) in [6, 6.07) is 19.4. The molecule has 2 aromatic carbocycles. The van der Waals surface area contributed by atoms with Crippen LogP contribution in [-0.4, -0.2) is 14.5 Å². The number of nitrogens with one attached hydrogen (secondary N) is 2. The zero-order valence-electron chi connectivity index (χ0n) is 13.4. The van der Waals surface area contributed by atoms with Crippen LogP contribution in [0.2, 0.25) is 0 Å². The third-order valence-electron chi connectivity index (χ3n) is 3.55. The van der Waals surface area contributed by atoms with Crippen molar-refractivity contribution >= 4 is 5.95 Å². The van der Waals surface area contributed by atoms with Gasteiger partial charge in [0.05, 0.1) is 5.69 Å². The van der Waals surface area contributed by atoms with Crippen molar-refractivity contribution in [2.75, 3.05) is 5.43 Å². The maximum Gasteiger partial charge on any atom is 0.356 e. The summed E-state index contributed by atoms with van der Waals surface area (Å²) in [6.45, 7) is 2.57. The summed E-state index contributed by atoms with van der Waals surface area (Å²) in [5.41, 5.74) is 7.47. The van der Waals surface area contributed by atoms with Crippen molar-refractivity contribution < 1.29 is 0 Å². The predicted molar refractivity (Wildman–Crippen MR) is 93.9 cm³/mol. The molecule has 0 aliphatic carbocycles. The van der Waals surface area contributed by atoms with Crippen molar-refractivity contribution in [3.63, 3.8) is 0 Å². The third kappa shape index (κ3) is 3.67. The second-order valence-electron chi connectivity index (χ2n) is 5.23. The van der Waals surface area contributed by atoms with E-state index in [2.05, 4.69) is 20.8 Å². The van der Waals surface area contributed by atoms with Crippen LogP contribution in [-0.2, 0) is 13.0 Å². The van der Waals surface area contributed by atoms with Crippen molar-refractivity contribution in [3.05, 3.63) is 82.5 Å². The monoisotopic (exact) mass is 321 g/mol. The van der Waals surface area contributed by atoms with Gasteiger partial charge in [-0.25, -0.2) is 14.8 Å². The van der Waals surface area contributed by atoms with E-state index in [1.54, 1.807) is 0 Å². The Kier molecular flexibility index (Phi) is 4.98. The van der Waals surface area contributed by atoms with Gasteiger partial charge in [-0.05, 0) is 17.7 Å². The van der Waals surface area contributed by atoms with Crippen LogP contribution in [0.5, 0.6) is 0 Å². The number of hydrogen-bond acceptors (Lipinski definition) is 5. The maximum absolute atomic E-state index is 12.4. The highest BCUT2D eigenvalue weighted by Crippen LogP contribution is 2.08. The lowest BCUT2D eigenvalue weighted by atomic mass is 10.2. The summed E-state index contributed by atoms with van der Waals surface area (Å²) in [4.78, 5) is 20.8. The van der Waals surface area contributed by atoms with Crippen LogP contribution in [0.25, 0.3) is 5.69 Å². The molecule has 0 fully saturated rings. The van der Waals surface area contributed by atoms with E-state index < -0.39 is 0 Å². The zero-order chi connectivity index (χ0) is 16.8. The van der Waals surface area contributed by atoms with Crippen LogP contribution in [0.1, 0.15) is 18.3 Å². The summed E-state index contributed by atoms with van der Waals surface area (Å²) in [5.74, 6) is 0.935. The molecule has 0 radical (unpaired) electrons. The predicted octanol–water partition coefficient (Wildman–Crippen LogP) is 2.31. The molecule has 3 rings (SSSR count). The first-order valence-corrected chi connectivity index (χ1v) is 7.86. The Labute approximate surface area is 140 Å². The Morgan fingerprint density at radius 1 is 0.958 bits per heavy atom. The molecule has 0 spiro atoms. The second-order valence-corrected chi connectivity index (χ2v) is 5.23. The minimum Gasteiger partial charge on any atom is -0.289 e. The lowest BCUT2D eigenvalue weighted by Crippen LogP contribution is -2.30. The first-order valence-electron chi connectivity index (χ1n) is 7.86. The molecule has 1 heterocycles. The summed E-state index contributed by atoms with van der Waals surface area (Å²) in [6.07, 6.45) is 0.625. The fourth-order valence-electron chi connectivity index (χ4n) is 2.40. The fraction of sp³-hybridized carbons (Fsp3) is 0.167. The number of hydrogen-bond donors (Lipinski definition) is 2. The summed E-state index contributed by atoms with van der Waals surface area (Å²) in [5, 5.41) is 0. The van der Waals surface area contributed by atoms with Gasteiger partial charge in [0.1, 0.15) is 5.82 Å². The lowest BCUT2D eigenvalue weighted by molar-refractivity contribution is 0.735. The molecule has 0 amide bonds. The molecule has 0 aliphatic heterocycles. The summed E-state index contributed by atoms with van der Waals surface area (Å²) < 4.78 is 1.53. The Hall–Kier alpha value is -2.99. The molecule has 0 saturated carbocycles. The highest BCUT2D eigenvalue weighted by atomic mass is 16.1. The molecule has 0 aliphatic rings. The molecule has 6 heteroatoms. The van der Waals surface area contributed by atoms with Gasteiger partial charge in [-0.3, -0.25) is 5.43 Å². The third-order valence-corrected chi connectivity index (χ3v) is 3.55. The SMILES string of the molecule is CCc1nc(NNCc2ccccc2)nc(=O)n1-c1ccccc1. The van der Waals surface area contributed by atoms with Gasteiger partial charge in [-0.1, -0.05) is 55.5 Å². The molecule has 6 nitrogen and oxygen atoms in total. The molecule has 3 aromatic rings. The first-order chi connectivity index (χ1) is 11.8. The minimum absolute atomic E-state index is 0.278. The lowest BCUT2D eigenvalue weighted by Gasteiger charge is -2.12. The number of para-hydroxylation sites is 1. The van der Waals surface area contributed by atoms with E-state index in [1.807, 2.05) is 67.6 Å². The largest absolute Gasteiger partial charge is 0.356 e. The fourth-order valence-corrected chi connectivity index (χ4v) is 2.40. The van der Waals surface area contributed by atoms with E-state index in [0.717, 1.165) is 11.3 Å². The van der Waals surface area contributed by atoms with E-state index >= 15 is 0 Å². The van der Waals surface area contributed by atoms with Gasteiger partial charge in [0.15, 0.2) is 0 Å². The van der Waals surface area contributed by atoms with E-state index in [1.165, 1.54) is 4.57 Å². The van der Waals surface area contributed by atoms with Crippen LogP contribution in [0, 0.1) is 0 Å². The molecule has 0 unspecified atom stereocenters. The van der Waals surface area contributed by atoms with Crippen LogP contribution >= 0.6 is 0 Å². The molecular weight excluding hydrogens is 302 g/mol. The molecule has 24 heavy (non-hydrogen) atoms. The van der Waals surface area contributed by atoms with E-state index in [0.29, 0.717) is 18.8 Å². The Morgan fingerprint density at radius 2 is 1.62 bits per heavy atom. The van der Waals surface area contributed by atoms with Gasteiger partial charge >= 0.3 is 5.69 Å². The maximum atomic E-state index is 12.4. The Bertz CT molecular complexity index is 846. The first kappa shape index (κ1) is 15.9. The average molecular weight is 321 g/mol. The minimum atomic E-state index is -0.350. The van der Waals surface area contributed by atoms with Crippen molar-refractivity contribution in [2.45, 2.75) is 19.9 Å². The van der Waals surface area contributed by atoms with E-state index in [4.69, 9.17) is 0 Å². The van der Waals surface area contributed by atoms with Gasteiger partial charge in [-0.15, -0.1) is 0 Å². The van der Waals surface area contributed by atoms with Crippen molar-refractivity contribution in [3.8, 4) is 5.69 Å². The number of hydrazine groups is 1. The number of aromatic nitrogens is 3. The molecule has 2 N–H and O–H groups in total. The number of anilines is 1. The van der Waals surface area contributed by atoms with Crippen molar-refractivity contribution in [1.29, 1.82) is 0 Å². The summed E-state index contributed by atoms with van der Waals surface area (Å²) in [7, 11) is 0. The number of rotatable bonds is 6. The Morgan fingerprint density at radius 3 is 2.29 bits per heavy atom. The normalized spacial score (nSPS) is 10.5. The van der Waals surface area contributed by atoms with Crippen molar-refractivity contribution in [1.82, 2.24) is 20.0 Å². The number of benzene rings is 2. The molecule has 122 valence electrons. The standard InChI is InChI=1S/C18H19N5O/c1-2-16-20-17(22-19-13-14-9-5-3-6-10-14)21-18(24)23(16)15-11-7-4-8-12-15/h3-12,19H,2,13H2,1H3,(H,21,22,24). The highest BCUT2D eigenvalue weighted by molar-refractivity contribution is 5.34. The molecule has 0 bridgehead atoms. The van der Waals surface area contributed by atoms with Gasteiger partial charge in [0.25, 0.3) is 0 Å². The number of aryl methyl sites for hydroxylation is 1. The van der Waals surface area contributed by atoms with Gasteiger partial charge in [0.2, 0.25) is 5.95 Å². The smallest absolute Gasteiger partial charge is 0.289 e. The summed E-state index contributed by atoms with van der Waals surface area (Å²) >= 11 is 0. The van der Waals surface area contributed by atoms with Gasteiger partial charge in [-0.2, -0.15) is 9.97 Å². The van der Waals surface area contributed by atoms with Crippen LogP contribution in [0.4, 0.5) is 5.95 Å². The second kappa shape index (κ2) is 7.52. The van der Waals surface area contributed by atoms with Crippen LogP contribution < -0.4 is 16.5 Å². The Balaban J connectivity index is 1.78. The van der Waals surface area contributed by atoms with Crippen LogP contribution in [0.3, 0.4) is 0 Å². The zero-order valence-corrected chi connectivity index (χ0v) is 13.4. The molecule has 0 saturated heterocycles. The van der Waals surface area contributed by atoms with Gasteiger partial charge in [0, 0.05) is 13.0 Å². The van der Waals surface area contributed by atoms with E-state index in [-0.39, 0.29) is 11.6 Å². The average Bonchev–Trinajstić information content (AvgIpc) is 2.63. The van der Waals surface area contributed by atoms with Gasteiger partial charge < -0.3 is 0 Å². The molecule has 1 aromatic heterocycles. The highest BCUT2D eigenvalue weighted by Gasteiger charge is 2.10. The molecule has 0 atom stereocenters. The quantitative estimate of drug-likeness (QED) is 0.682. The van der Waals surface area contributed by atoms with Crippen LogP contribution in [0.15, 0.2) is 65.5 Å². The number of nitrogens with zero attached hydrogens (tertiary/aromatic N) is 3. The topological polar surface area (TPSA) is 71.8 Å².